The van der Waals surface area contributed by atoms with Crippen LogP contribution >= 0.6 is 0 Å². The molecule has 3 N–H and O–H groups in total. The molecule has 13 nitrogen and oxygen atoms in total. The highest BCUT2D eigenvalue weighted by Gasteiger charge is 2.31. The Morgan fingerprint density at radius 3 is 2.42 bits per heavy atom. The van der Waals surface area contributed by atoms with Gasteiger partial charge in [-0.15, -0.1) is 0 Å². The summed E-state index contributed by atoms with van der Waals surface area (Å²) in [6.45, 7) is 1.34. The monoisotopic (exact) mass is 470 g/mol. The van der Waals surface area contributed by atoms with Crippen LogP contribution in [0.15, 0.2) is 35.5 Å². The molecule has 2 unspecified atom stereocenters. The number of fused-ring (bicyclic) bond motifs is 1. The van der Waals surface area contributed by atoms with Gasteiger partial charge in [0.1, 0.15) is 10.9 Å². The van der Waals surface area contributed by atoms with Crippen molar-refractivity contribution in [3.8, 4) is 11.8 Å². The predicted octanol–water partition coefficient (Wildman–Crippen LogP) is 0.935. The lowest BCUT2D eigenvalue weighted by Gasteiger charge is -2.11. The first-order valence-electron chi connectivity index (χ1n) is 8.53. The van der Waals surface area contributed by atoms with Crippen molar-refractivity contribution in [2.45, 2.75) is 17.2 Å². The number of rotatable bonds is 7. The Hall–Kier alpha value is -3.30. The van der Waals surface area contributed by atoms with Crippen LogP contribution in [-0.2, 0) is 21.1 Å². The van der Waals surface area contributed by atoms with Gasteiger partial charge in [-0.05, 0) is 19.1 Å². The lowest BCUT2D eigenvalue weighted by molar-refractivity contribution is 0.256. The largest absolute Gasteiger partial charge is 0.481 e. The average molecular weight is 470 g/mol. The number of aromatic nitrogens is 4. The van der Waals surface area contributed by atoms with Crippen molar-refractivity contribution in [2.75, 3.05) is 19.5 Å². The number of sulfonamides is 1. The number of methoxy groups -OCH3 is 2. The second kappa shape index (κ2) is 8.83. The minimum atomic E-state index is -4.53. The molecule has 0 aliphatic carbocycles. The van der Waals surface area contributed by atoms with Crippen LogP contribution in [-0.4, -0.2) is 56.8 Å². The lowest BCUT2D eigenvalue weighted by atomic mass is 10.4. The molecular weight excluding hydrogens is 452 g/mol. The Balaban J connectivity index is 1.96. The molecule has 3 heterocycles. The van der Waals surface area contributed by atoms with Gasteiger partial charge in [-0.3, -0.25) is 9.72 Å². The van der Waals surface area contributed by atoms with Crippen LogP contribution in [0.2, 0.25) is 0 Å². The summed E-state index contributed by atoms with van der Waals surface area (Å²) in [6, 6.07) is 4.88. The summed E-state index contributed by atoms with van der Waals surface area (Å²) in [6.07, 6.45) is 1.40. The summed E-state index contributed by atoms with van der Waals surface area (Å²) in [7, 11) is -1.84. The summed E-state index contributed by atoms with van der Waals surface area (Å²) in [5.41, 5.74) is 0.0445. The molecule has 3 rings (SSSR count). The van der Waals surface area contributed by atoms with E-state index >= 15 is 0 Å². The quantitative estimate of drug-likeness (QED) is 0.421. The molecule has 0 fully saturated rings. The van der Waals surface area contributed by atoms with Crippen LogP contribution < -0.4 is 19.5 Å². The van der Waals surface area contributed by atoms with E-state index in [9.17, 15) is 22.0 Å². The fraction of sp³-hybridized carbons (Fsp3) is 0.250. The molecule has 2 atom stereocenters. The molecule has 0 aromatic carbocycles. The molecule has 0 aliphatic rings. The summed E-state index contributed by atoms with van der Waals surface area (Å²) < 4.78 is 60.0. The molecule has 0 radical (unpaired) electrons. The fourth-order valence-corrected chi connectivity index (χ4v) is 4.32. The minimum absolute atomic E-state index is 0.0772. The van der Waals surface area contributed by atoms with Crippen LogP contribution in [0.4, 0.5) is 10.7 Å². The van der Waals surface area contributed by atoms with Gasteiger partial charge in [0, 0.05) is 6.20 Å². The van der Waals surface area contributed by atoms with Gasteiger partial charge in [-0.2, -0.15) is 18.4 Å². The van der Waals surface area contributed by atoms with Gasteiger partial charge in [0.05, 0.1) is 26.0 Å². The number of amides is 2. The van der Waals surface area contributed by atoms with Gasteiger partial charge in [0.2, 0.25) is 17.7 Å². The molecule has 0 bridgehead atoms. The number of imidazole rings is 1. The topological polar surface area (TPSA) is 174 Å². The van der Waals surface area contributed by atoms with Crippen LogP contribution in [0.1, 0.15) is 17.9 Å². The van der Waals surface area contributed by atoms with Crippen molar-refractivity contribution in [2.24, 2.45) is 0 Å². The molecular formula is C16H18N6O7S2. The fourth-order valence-electron chi connectivity index (χ4n) is 2.59. The van der Waals surface area contributed by atoms with Crippen LogP contribution in [0, 0.1) is 0 Å². The summed E-state index contributed by atoms with van der Waals surface area (Å²) in [4.78, 5) is 24.3. The van der Waals surface area contributed by atoms with Gasteiger partial charge in [0.15, 0.2) is 16.1 Å². The van der Waals surface area contributed by atoms with Gasteiger partial charge >= 0.3 is 6.03 Å². The highest BCUT2D eigenvalue weighted by molar-refractivity contribution is 7.90. The SMILES string of the molecule is COc1cc(OC)nc(NC(=O)NS(=O)(=O)c2c(C(C)S(=O)O)nc3ccccn23)n1. The summed E-state index contributed by atoms with van der Waals surface area (Å²) >= 11 is -2.40. The average Bonchev–Trinajstić information content (AvgIpc) is 3.12. The molecule has 0 saturated heterocycles. The minimum Gasteiger partial charge on any atom is -0.481 e. The first-order valence-corrected chi connectivity index (χ1v) is 11.2. The second-order valence-electron chi connectivity index (χ2n) is 5.99. The first-order chi connectivity index (χ1) is 14.7. The number of carbonyl (C=O) groups excluding carboxylic acids is 1. The molecule has 2 amide bonds. The van der Waals surface area contributed by atoms with Crippen molar-refractivity contribution >= 4 is 38.7 Å². The maximum atomic E-state index is 13.0. The highest BCUT2D eigenvalue weighted by atomic mass is 32.2. The molecule has 166 valence electrons. The maximum absolute atomic E-state index is 13.0. The van der Waals surface area contributed by atoms with Crippen molar-refractivity contribution in [3.63, 3.8) is 0 Å². The first kappa shape index (κ1) is 22.4. The van der Waals surface area contributed by atoms with Crippen LogP contribution in [0.25, 0.3) is 5.65 Å². The molecule has 3 aromatic rings. The summed E-state index contributed by atoms with van der Waals surface area (Å²) in [5.74, 6) is -0.117. The Morgan fingerprint density at radius 1 is 1.19 bits per heavy atom. The lowest BCUT2D eigenvalue weighted by Crippen LogP contribution is -2.36. The van der Waals surface area contributed by atoms with E-state index in [-0.39, 0.29) is 29.0 Å². The molecule has 0 spiro atoms. The number of urea groups is 1. The molecule has 15 heteroatoms. The van der Waals surface area contributed by atoms with Gasteiger partial charge in [0.25, 0.3) is 10.0 Å². The number of nitrogens with one attached hydrogen (secondary N) is 2. The van der Waals surface area contributed by atoms with E-state index in [0.29, 0.717) is 0 Å². The Labute approximate surface area is 179 Å². The molecule has 31 heavy (non-hydrogen) atoms. The van der Waals surface area contributed by atoms with Gasteiger partial charge in [-0.1, -0.05) is 6.07 Å². The van der Waals surface area contributed by atoms with Gasteiger partial charge < -0.3 is 14.0 Å². The number of carbonyl (C=O) groups is 1. The molecule has 3 aromatic heterocycles. The third kappa shape index (κ3) is 4.73. The molecule has 0 saturated carbocycles. The van der Waals surface area contributed by atoms with Gasteiger partial charge in [-0.25, -0.2) is 18.7 Å². The van der Waals surface area contributed by atoms with Crippen LogP contribution in [0.3, 0.4) is 0 Å². The third-order valence-electron chi connectivity index (χ3n) is 4.00. The van der Waals surface area contributed by atoms with E-state index < -0.39 is 37.4 Å². The number of hydrogen-bond acceptors (Lipinski definition) is 9. The number of nitrogens with zero attached hydrogens (tertiary/aromatic N) is 4. The standard InChI is InChI=1S/C16H18N6O7S2/c1-9(30(24)25)13-14(22-7-5-4-6-10(22)17-13)31(26,27)21-16(23)20-15-18-11(28-2)8-12(19-15)29-3/h4-9H,1-3H3,(H,24,25)(H2,18,19,20,21,23). The Bertz CT molecular complexity index is 1240. The zero-order valence-electron chi connectivity index (χ0n) is 16.5. The number of ether oxygens (including phenoxy) is 2. The van der Waals surface area contributed by atoms with E-state index in [1.165, 1.54) is 43.9 Å². The Kier molecular flexibility index (Phi) is 6.37. The predicted molar refractivity (Wildman–Crippen MR) is 109 cm³/mol. The zero-order valence-corrected chi connectivity index (χ0v) is 18.1. The molecule has 0 aliphatic heterocycles. The van der Waals surface area contributed by atoms with E-state index in [4.69, 9.17) is 9.47 Å². The summed E-state index contributed by atoms with van der Waals surface area (Å²) in [5, 5.41) is 0.593. The third-order valence-corrected chi connectivity index (χ3v) is 6.20. The second-order valence-corrected chi connectivity index (χ2v) is 8.84. The highest BCUT2D eigenvalue weighted by Crippen LogP contribution is 2.27. The van der Waals surface area contributed by atoms with E-state index in [2.05, 4.69) is 20.3 Å². The number of hydrogen-bond donors (Lipinski definition) is 3. The number of anilines is 1. The van der Waals surface area contributed by atoms with Crippen molar-refractivity contribution in [1.82, 2.24) is 24.1 Å². The Morgan fingerprint density at radius 2 is 1.84 bits per heavy atom. The van der Waals surface area contributed by atoms with Crippen molar-refractivity contribution in [3.05, 3.63) is 36.2 Å². The number of pyridine rings is 1. The van der Waals surface area contributed by atoms with Crippen LogP contribution in [0.5, 0.6) is 11.8 Å². The van der Waals surface area contributed by atoms with E-state index in [0.717, 1.165) is 0 Å². The van der Waals surface area contributed by atoms with Crippen molar-refractivity contribution < 1.29 is 31.4 Å². The van der Waals surface area contributed by atoms with E-state index in [1.54, 1.807) is 12.1 Å². The zero-order chi connectivity index (χ0) is 22.8. The van der Waals surface area contributed by atoms with Crippen molar-refractivity contribution in [1.29, 1.82) is 0 Å². The maximum Gasteiger partial charge on any atom is 0.335 e. The smallest absolute Gasteiger partial charge is 0.335 e. The van der Waals surface area contributed by atoms with E-state index in [1.807, 2.05) is 4.72 Å². The normalized spacial score (nSPS) is 13.4.